The van der Waals surface area contributed by atoms with Gasteiger partial charge in [-0.05, 0) is 51.0 Å². The zero-order valence-corrected chi connectivity index (χ0v) is 20.6. The number of esters is 1. The summed E-state index contributed by atoms with van der Waals surface area (Å²) >= 11 is 0. The number of ketones is 1. The minimum Gasteiger partial charge on any atom is -0.494 e. The third-order valence-electron chi connectivity index (χ3n) is 5.68. The number of Topliss-reactive ketones (excluding diaryl/α,β-unsaturated/α-hetero) is 1. The summed E-state index contributed by atoms with van der Waals surface area (Å²) in [4.78, 5) is 38.7. The highest BCUT2D eigenvalue weighted by atomic mass is 32.2. The molecule has 9 heteroatoms. The van der Waals surface area contributed by atoms with Crippen molar-refractivity contribution in [2.24, 2.45) is 0 Å². The van der Waals surface area contributed by atoms with Crippen molar-refractivity contribution in [1.82, 2.24) is 4.90 Å². The average molecular weight is 482 g/mol. The highest BCUT2D eigenvalue weighted by molar-refractivity contribution is 7.91. The molecule has 2 rings (SSSR count). The van der Waals surface area contributed by atoms with E-state index in [2.05, 4.69) is 6.92 Å². The van der Waals surface area contributed by atoms with Crippen LogP contribution in [0.3, 0.4) is 0 Å². The number of hydrogen-bond acceptors (Lipinski definition) is 7. The van der Waals surface area contributed by atoms with E-state index in [0.29, 0.717) is 30.9 Å². The fourth-order valence-corrected chi connectivity index (χ4v) is 5.52. The molecule has 1 saturated heterocycles. The van der Waals surface area contributed by atoms with Crippen LogP contribution >= 0.6 is 0 Å². The van der Waals surface area contributed by atoms with Gasteiger partial charge in [0, 0.05) is 24.6 Å². The first-order valence-corrected chi connectivity index (χ1v) is 13.5. The van der Waals surface area contributed by atoms with Gasteiger partial charge in [-0.15, -0.1) is 0 Å². The Balaban J connectivity index is 1.79. The van der Waals surface area contributed by atoms with Gasteiger partial charge in [0.1, 0.15) is 5.75 Å². The summed E-state index contributed by atoms with van der Waals surface area (Å²) in [5, 5.41) is 0. The molecule has 2 atom stereocenters. The van der Waals surface area contributed by atoms with Crippen molar-refractivity contribution in [3.05, 3.63) is 29.8 Å². The Bertz CT molecular complexity index is 911. The van der Waals surface area contributed by atoms with E-state index >= 15 is 0 Å². The van der Waals surface area contributed by atoms with Gasteiger partial charge in [0.05, 0.1) is 24.5 Å². The fourth-order valence-electron chi connectivity index (χ4n) is 3.79. The topological polar surface area (TPSA) is 107 Å². The van der Waals surface area contributed by atoms with E-state index in [4.69, 9.17) is 9.47 Å². The molecule has 0 radical (unpaired) electrons. The quantitative estimate of drug-likeness (QED) is 0.242. The van der Waals surface area contributed by atoms with Gasteiger partial charge in [-0.1, -0.05) is 19.8 Å². The smallest absolute Gasteiger partial charge is 0.307 e. The van der Waals surface area contributed by atoms with Crippen LogP contribution in [0.25, 0.3) is 0 Å². The SMILES string of the molecule is CCCCCOc1ccc(C(=O)CCC(=O)OC(C)C(=O)N(CC)C2CCS(=O)(=O)C2)cc1. The second kappa shape index (κ2) is 12.7. The van der Waals surface area contributed by atoms with Crippen LogP contribution in [0.1, 0.15) is 69.7 Å². The third-order valence-corrected chi connectivity index (χ3v) is 7.43. The van der Waals surface area contributed by atoms with Crippen molar-refractivity contribution >= 4 is 27.5 Å². The normalized spacial score (nSPS) is 17.8. The van der Waals surface area contributed by atoms with Gasteiger partial charge in [0.2, 0.25) is 0 Å². The molecule has 8 nitrogen and oxygen atoms in total. The zero-order valence-electron chi connectivity index (χ0n) is 19.7. The summed E-state index contributed by atoms with van der Waals surface area (Å²) in [7, 11) is -3.13. The lowest BCUT2D eigenvalue weighted by Gasteiger charge is -2.29. The Morgan fingerprint density at radius 3 is 2.36 bits per heavy atom. The maximum absolute atomic E-state index is 12.7. The fraction of sp³-hybridized carbons (Fsp3) is 0.625. The molecule has 0 N–H and O–H groups in total. The van der Waals surface area contributed by atoms with E-state index in [9.17, 15) is 22.8 Å². The first-order valence-electron chi connectivity index (χ1n) is 11.6. The number of benzene rings is 1. The number of nitrogens with zero attached hydrogens (tertiary/aromatic N) is 1. The number of carbonyl (C=O) groups excluding carboxylic acids is 3. The Morgan fingerprint density at radius 2 is 1.79 bits per heavy atom. The average Bonchev–Trinajstić information content (AvgIpc) is 3.15. The summed E-state index contributed by atoms with van der Waals surface area (Å²) < 4.78 is 34.3. The van der Waals surface area contributed by atoms with Crippen LogP contribution in [0.15, 0.2) is 24.3 Å². The van der Waals surface area contributed by atoms with Gasteiger partial charge in [-0.25, -0.2) is 8.42 Å². The van der Waals surface area contributed by atoms with Gasteiger partial charge < -0.3 is 14.4 Å². The molecule has 1 aliphatic heterocycles. The Labute approximate surface area is 196 Å². The number of unbranched alkanes of at least 4 members (excludes halogenated alkanes) is 2. The number of rotatable bonds is 13. The van der Waals surface area contributed by atoms with Crippen LogP contribution in [0.2, 0.25) is 0 Å². The van der Waals surface area contributed by atoms with Gasteiger partial charge in [-0.3, -0.25) is 14.4 Å². The molecule has 1 aliphatic rings. The maximum Gasteiger partial charge on any atom is 0.307 e. The van der Waals surface area contributed by atoms with Crippen molar-refractivity contribution in [3.63, 3.8) is 0 Å². The summed E-state index contributed by atoms with van der Waals surface area (Å²) in [5.74, 6) is -0.572. The Morgan fingerprint density at radius 1 is 1.09 bits per heavy atom. The first-order chi connectivity index (χ1) is 15.7. The summed E-state index contributed by atoms with van der Waals surface area (Å²) in [6.45, 7) is 6.32. The van der Waals surface area contributed by atoms with Crippen molar-refractivity contribution in [2.75, 3.05) is 24.7 Å². The third kappa shape index (κ3) is 8.46. The minimum atomic E-state index is -3.13. The molecule has 1 heterocycles. The summed E-state index contributed by atoms with van der Waals surface area (Å²) in [6.07, 6.45) is 2.38. The van der Waals surface area contributed by atoms with Crippen molar-refractivity contribution in [2.45, 2.75) is 71.4 Å². The van der Waals surface area contributed by atoms with E-state index in [1.54, 1.807) is 31.2 Å². The van der Waals surface area contributed by atoms with Gasteiger partial charge in [0.15, 0.2) is 21.7 Å². The molecule has 0 aliphatic carbocycles. The predicted molar refractivity (Wildman–Crippen MR) is 125 cm³/mol. The number of likely N-dealkylation sites (N-methyl/N-ethyl adjacent to an activating group) is 1. The second-order valence-corrected chi connectivity index (χ2v) is 10.5. The van der Waals surface area contributed by atoms with Crippen LogP contribution in [0.4, 0.5) is 0 Å². The Kier molecular flexibility index (Phi) is 10.3. The lowest BCUT2D eigenvalue weighted by Crippen LogP contribution is -2.46. The minimum absolute atomic E-state index is 0.0329. The molecule has 33 heavy (non-hydrogen) atoms. The van der Waals surface area contributed by atoms with E-state index in [0.717, 1.165) is 19.3 Å². The molecular weight excluding hydrogens is 446 g/mol. The van der Waals surface area contributed by atoms with Gasteiger partial charge in [0.25, 0.3) is 5.91 Å². The molecule has 0 saturated carbocycles. The number of hydrogen-bond donors (Lipinski definition) is 0. The Hall–Kier alpha value is -2.42. The lowest BCUT2D eigenvalue weighted by atomic mass is 10.1. The standard InChI is InChI=1S/C24H35NO7S/c1-4-6-7-15-31-21-10-8-19(9-11-21)22(26)12-13-23(27)32-18(3)24(28)25(5-2)20-14-16-33(29,30)17-20/h8-11,18,20H,4-7,12-17H2,1-3H3. The lowest BCUT2D eigenvalue weighted by molar-refractivity contribution is -0.159. The number of ether oxygens (including phenoxy) is 2. The summed E-state index contributed by atoms with van der Waals surface area (Å²) in [5.41, 5.74) is 0.479. The predicted octanol–water partition coefficient (Wildman–Crippen LogP) is 3.19. The van der Waals surface area contributed by atoms with E-state index in [-0.39, 0.29) is 30.1 Å². The van der Waals surface area contributed by atoms with Crippen LogP contribution in [0, 0.1) is 0 Å². The van der Waals surface area contributed by atoms with Crippen molar-refractivity contribution in [3.8, 4) is 5.75 Å². The van der Waals surface area contributed by atoms with Gasteiger partial charge >= 0.3 is 5.97 Å². The second-order valence-electron chi connectivity index (χ2n) is 8.32. The number of carbonyl (C=O) groups is 3. The molecule has 1 aromatic rings. The van der Waals surface area contributed by atoms with Crippen LogP contribution in [-0.2, 0) is 24.2 Å². The first kappa shape index (κ1) is 26.8. The largest absolute Gasteiger partial charge is 0.494 e. The van der Waals surface area contributed by atoms with Crippen molar-refractivity contribution in [1.29, 1.82) is 0 Å². The molecule has 2 unspecified atom stereocenters. The summed E-state index contributed by atoms with van der Waals surface area (Å²) in [6, 6.07) is 6.42. The highest BCUT2D eigenvalue weighted by Crippen LogP contribution is 2.19. The molecular formula is C24H35NO7S. The van der Waals surface area contributed by atoms with Gasteiger partial charge in [-0.2, -0.15) is 0 Å². The highest BCUT2D eigenvalue weighted by Gasteiger charge is 2.36. The van der Waals surface area contributed by atoms with Crippen LogP contribution in [0.5, 0.6) is 5.75 Å². The van der Waals surface area contributed by atoms with E-state index < -0.39 is 33.9 Å². The molecule has 0 aromatic heterocycles. The molecule has 0 spiro atoms. The maximum atomic E-state index is 12.7. The molecule has 184 valence electrons. The molecule has 1 aromatic carbocycles. The van der Waals surface area contributed by atoms with E-state index in [1.165, 1.54) is 11.8 Å². The zero-order chi connectivity index (χ0) is 24.4. The molecule has 1 amide bonds. The van der Waals surface area contributed by atoms with Crippen LogP contribution < -0.4 is 4.74 Å². The monoisotopic (exact) mass is 481 g/mol. The number of sulfone groups is 1. The number of amides is 1. The molecule has 1 fully saturated rings. The van der Waals surface area contributed by atoms with Crippen molar-refractivity contribution < 1.29 is 32.3 Å². The van der Waals surface area contributed by atoms with Crippen LogP contribution in [-0.4, -0.2) is 67.8 Å². The van der Waals surface area contributed by atoms with E-state index in [1.807, 2.05) is 0 Å². The molecule has 0 bridgehead atoms.